The van der Waals surface area contributed by atoms with Crippen molar-refractivity contribution in [3.63, 3.8) is 0 Å². The van der Waals surface area contributed by atoms with Crippen LogP contribution in [-0.2, 0) is 11.2 Å². The van der Waals surface area contributed by atoms with Crippen LogP contribution in [0.1, 0.15) is 30.4 Å². The fourth-order valence-corrected chi connectivity index (χ4v) is 3.49. The quantitative estimate of drug-likeness (QED) is 0.720. The molecule has 0 unspecified atom stereocenters. The Morgan fingerprint density at radius 1 is 1.07 bits per heavy atom. The molecule has 6 heteroatoms. The van der Waals surface area contributed by atoms with Gasteiger partial charge in [-0.1, -0.05) is 49.4 Å². The van der Waals surface area contributed by atoms with E-state index >= 15 is 0 Å². The number of carbonyl (C=O) groups excluding carboxylic acids is 2. The SMILES string of the molecule is CCCNC(=O)Nc1ccc(CC(=O)N2C[C@@H](N)[C@H](c3ccccc3)C2)cc1. The third-order valence-corrected chi connectivity index (χ3v) is 5.05. The number of anilines is 1. The highest BCUT2D eigenvalue weighted by Gasteiger charge is 2.33. The average Bonchev–Trinajstić information content (AvgIpc) is 3.10. The molecule has 1 fully saturated rings. The molecule has 1 aliphatic heterocycles. The number of urea groups is 1. The van der Waals surface area contributed by atoms with Crippen LogP contribution in [0.15, 0.2) is 54.6 Å². The summed E-state index contributed by atoms with van der Waals surface area (Å²) >= 11 is 0. The van der Waals surface area contributed by atoms with E-state index in [0.29, 0.717) is 31.7 Å². The Morgan fingerprint density at radius 3 is 2.46 bits per heavy atom. The van der Waals surface area contributed by atoms with E-state index in [1.807, 2.05) is 54.3 Å². The number of hydrogen-bond donors (Lipinski definition) is 3. The molecule has 6 nitrogen and oxygen atoms in total. The van der Waals surface area contributed by atoms with Crippen molar-refractivity contribution in [1.82, 2.24) is 10.2 Å². The van der Waals surface area contributed by atoms with E-state index in [4.69, 9.17) is 5.73 Å². The van der Waals surface area contributed by atoms with Gasteiger partial charge in [0.25, 0.3) is 0 Å². The highest BCUT2D eigenvalue weighted by molar-refractivity contribution is 5.89. The van der Waals surface area contributed by atoms with Gasteiger partial charge in [-0.2, -0.15) is 0 Å². The van der Waals surface area contributed by atoms with Crippen molar-refractivity contribution in [2.45, 2.75) is 31.7 Å². The van der Waals surface area contributed by atoms with Gasteiger partial charge in [-0.3, -0.25) is 4.79 Å². The molecule has 0 saturated carbocycles. The first kappa shape index (κ1) is 19.9. The highest BCUT2D eigenvalue weighted by atomic mass is 16.2. The van der Waals surface area contributed by atoms with Gasteiger partial charge in [-0.05, 0) is 29.7 Å². The number of likely N-dealkylation sites (tertiary alicyclic amines) is 1. The normalized spacial score (nSPS) is 18.7. The van der Waals surface area contributed by atoms with Crippen LogP contribution in [0.2, 0.25) is 0 Å². The van der Waals surface area contributed by atoms with Crippen LogP contribution < -0.4 is 16.4 Å². The van der Waals surface area contributed by atoms with E-state index in [2.05, 4.69) is 22.8 Å². The molecular formula is C22H28N4O2. The second-order valence-electron chi connectivity index (χ2n) is 7.23. The zero-order valence-electron chi connectivity index (χ0n) is 16.2. The molecule has 0 aromatic heterocycles. The lowest BCUT2D eigenvalue weighted by atomic mass is 9.95. The molecule has 0 spiro atoms. The Morgan fingerprint density at radius 2 is 1.79 bits per heavy atom. The van der Waals surface area contributed by atoms with Gasteiger partial charge < -0.3 is 21.3 Å². The topological polar surface area (TPSA) is 87.5 Å². The minimum atomic E-state index is -0.219. The monoisotopic (exact) mass is 380 g/mol. The highest BCUT2D eigenvalue weighted by Crippen LogP contribution is 2.26. The predicted molar refractivity (Wildman–Crippen MR) is 111 cm³/mol. The summed E-state index contributed by atoms with van der Waals surface area (Å²) in [5.74, 6) is 0.258. The van der Waals surface area contributed by atoms with Gasteiger partial charge in [0.15, 0.2) is 0 Å². The second-order valence-corrected chi connectivity index (χ2v) is 7.23. The van der Waals surface area contributed by atoms with E-state index in [1.165, 1.54) is 5.56 Å². The largest absolute Gasteiger partial charge is 0.340 e. The summed E-state index contributed by atoms with van der Waals surface area (Å²) in [4.78, 5) is 26.3. The molecule has 2 aromatic carbocycles. The number of nitrogens with zero attached hydrogens (tertiary/aromatic N) is 1. The third kappa shape index (κ3) is 5.10. The number of amides is 3. The molecule has 2 atom stereocenters. The summed E-state index contributed by atoms with van der Waals surface area (Å²) in [6, 6.07) is 17.3. The standard InChI is InChI=1S/C22H28N4O2/c1-2-12-24-22(28)25-18-10-8-16(9-11-18)13-21(27)26-14-19(20(23)15-26)17-6-4-3-5-7-17/h3-11,19-20H,2,12-15,23H2,1H3,(H2,24,25,28)/t19-,20+/m0/s1. The molecule has 3 rings (SSSR count). The van der Waals surface area contributed by atoms with Crippen LogP contribution >= 0.6 is 0 Å². The Bertz CT molecular complexity index is 792. The van der Waals surface area contributed by atoms with Gasteiger partial charge in [0.2, 0.25) is 5.91 Å². The van der Waals surface area contributed by atoms with E-state index in [9.17, 15) is 9.59 Å². The van der Waals surface area contributed by atoms with Crippen LogP contribution in [0.3, 0.4) is 0 Å². The maximum Gasteiger partial charge on any atom is 0.319 e. The number of carbonyl (C=O) groups is 2. The third-order valence-electron chi connectivity index (χ3n) is 5.05. The van der Waals surface area contributed by atoms with Crippen LogP contribution in [0.25, 0.3) is 0 Å². The van der Waals surface area contributed by atoms with Crippen molar-refractivity contribution < 1.29 is 9.59 Å². The first-order valence-electron chi connectivity index (χ1n) is 9.79. The van der Waals surface area contributed by atoms with Crippen LogP contribution in [-0.4, -0.2) is 42.5 Å². The molecular weight excluding hydrogens is 352 g/mol. The van der Waals surface area contributed by atoms with Crippen LogP contribution in [0.4, 0.5) is 10.5 Å². The minimum Gasteiger partial charge on any atom is -0.340 e. The van der Waals surface area contributed by atoms with Crippen molar-refractivity contribution in [3.8, 4) is 0 Å². The molecule has 2 aromatic rings. The summed E-state index contributed by atoms with van der Waals surface area (Å²) in [7, 11) is 0. The van der Waals surface area contributed by atoms with Gasteiger partial charge in [-0.15, -0.1) is 0 Å². The van der Waals surface area contributed by atoms with Gasteiger partial charge in [0.05, 0.1) is 6.42 Å². The van der Waals surface area contributed by atoms with E-state index < -0.39 is 0 Å². The fraction of sp³-hybridized carbons (Fsp3) is 0.364. The summed E-state index contributed by atoms with van der Waals surface area (Å²) in [5.41, 5.74) is 9.10. The zero-order chi connectivity index (χ0) is 19.9. The molecule has 148 valence electrons. The second kappa shape index (κ2) is 9.37. The lowest BCUT2D eigenvalue weighted by Gasteiger charge is -2.17. The number of nitrogens with one attached hydrogen (secondary N) is 2. The van der Waals surface area contributed by atoms with Crippen molar-refractivity contribution in [2.75, 3.05) is 25.0 Å². The van der Waals surface area contributed by atoms with E-state index in [-0.39, 0.29) is 23.9 Å². The lowest BCUT2D eigenvalue weighted by molar-refractivity contribution is -0.129. The van der Waals surface area contributed by atoms with Gasteiger partial charge in [0, 0.05) is 37.3 Å². The van der Waals surface area contributed by atoms with Crippen molar-refractivity contribution in [3.05, 3.63) is 65.7 Å². The fourth-order valence-electron chi connectivity index (χ4n) is 3.49. The van der Waals surface area contributed by atoms with Crippen molar-refractivity contribution >= 4 is 17.6 Å². The molecule has 0 radical (unpaired) electrons. The zero-order valence-corrected chi connectivity index (χ0v) is 16.2. The molecule has 0 aliphatic carbocycles. The smallest absolute Gasteiger partial charge is 0.319 e. The molecule has 1 saturated heterocycles. The Hall–Kier alpha value is -2.86. The Kier molecular flexibility index (Phi) is 6.66. The van der Waals surface area contributed by atoms with Crippen molar-refractivity contribution in [1.29, 1.82) is 0 Å². The van der Waals surface area contributed by atoms with Crippen LogP contribution in [0, 0.1) is 0 Å². The molecule has 3 amide bonds. The number of benzene rings is 2. The first-order valence-corrected chi connectivity index (χ1v) is 9.79. The van der Waals surface area contributed by atoms with E-state index in [1.54, 1.807) is 0 Å². The number of rotatable bonds is 6. The maximum atomic E-state index is 12.7. The van der Waals surface area contributed by atoms with E-state index in [0.717, 1.165) is 12.0 Å². The Balaban J connectivity index is 1.54. The lowest BCUT2D eigenvalue weighted by Crippen LogP contribution is -2.33. The number of hydrogen-bond acceptors (Lipinski definition) is 3. The summed E-state index contributed by atoms with van der Waals surface area (Å²) in [6.45, 7) is 3.87. The molecule has 0 bridgehead atoms. The van der Waals surface area contributed by atoms with Crippen LogP contribution in [0.5, 0.6) is 0 Å². The van der Waals surface area contributed by atoms with Gasteiger partial charge >= 0.3 is 6.03 Å². The molecule has 1 aliphatic rings. The average molecular weight is 380 g/mol. The van der Waals surface area contributed by atoms with Crippen molar-refractivity contribution in [2.24, 2.45) is 5.73 Å². The summed E-state index contributed by atoms with van der Waals surface area (Å²) in [5, 5.41) is 5.54. The molecule has 4 N–H and O–H groups in total. The molecule has 1 heterocycles. The molecule has 28 heavy (non-hydrogen) atoms. The minimum absolute atomic E-state index is 0.0421. The maximum absolute atomic E-state index is 12.7. The Labute approximate surface area is 166 Å². The van der Waals surface area contributed by atoms with Gasteiger partial charge in [-0.25, -0.2) is 4.79 Å². The summed E-state index contributed by atoms with van der Waals surface area (Å²) < 4.78 is 0. The number of nitrogens with two attached hydrogens (primary N) is 1. The predicted octanol–water partition coefficient (Wildman–Crippen LogP) is 2.71. The van der Waals surface area contributed by atoms with Gasteiger partial charge in [0.1, 0.15) is 0 Å². The summed E-state index contributed by atoms with van der Waals surface area (Å²) in [6.07, 6.45) is 1.22. The first-order chi connectivity index (χ1) is 13.6.